The molecule has 1 saturated heterocycles. The van der Waals surface area contributed by atoms with Gasteiger partial charge in [-0.05, 0) is 42.7 Å². The first-order valence-electron chi connectivity index (χ1n) is 9.25. The molecule has 1 saturated carbocycles. The van der Waals surface area contributed by atoms with Gasteiger partial charge in [-0.3, -0.25) is 9.89 Å². The molecule has 5 rings (SSSR count). The summed E-state index contributed by atoms with van der Waals surface area (Å²) in [5, 5.41) is 8.05. The van der Waals surface area contributed by atoms with Crippen LogP contribution in [-0.2, 0) is 0 Å². The van der Waals surface area contributed by atoms with Crippen molar-refractivity contribution in [1.29, 1.82) is 0 Å². The van der Waals surface area contributed by atoms with Gasteiger partial charge in [-0.25, -0.2) is 4.98 Å². The van der Waals surface area contributed by atoms with Crippen molar-refractivity contribution < 1.29 is 4.79 Å². The van der Waals surface area contributed by atoms with Gasteiger partial charge in [-0.1, -0.05) is 35.9 Å². The SMILES string of the molecule is O=C(c1ccc(-c2n[nH]c(C3CC3)n2)cc1)N1CC(c2ccc(Cl)cc2)C1. The lowest BCUT2D eigenvalue weighted by Crippen LogP contribution is -2.48. The molecule has 27 heavy (non-hydrogen) atoms. The second-order valence-corrected chi connectivity index (χ2v) is 7.79. The Morgan fingerprint density at radius 2 is 1.70 bits per heavy atom. The Hall–Kier alpha value is -2.66. The smallest absolute Gasteiger partial charge is 0.253 e. The van der Waals surface area contributed by atoms with Gasteiger partial charge in [0.15, 0.2) is 5.82 Å². The summed E-state index contributed by atoms with van der Waals surface area (Å²) in [6, 6.07) is 15.4. The first-order valence-corrected chi connectivity index (χ1v) is 9.62. The molecule has 1 N–H and O–H groups in total. The fourth-order valence-corrected chi connectivity index (χ4v) is 3.60. The molecule has 2 fully saturated rings. The molecule has 3 aromatic rings. The van der Waals surface area contributed by atoms with E-state index < -0.39 is 0 Å². The Kier molecular flexibility index (Phi) is 3.97. The molecule has 0 atom stereocenters. The average molecular weight is 379 g/mol. The monoisotopic (exact) mass is 378 g/mol. The Morgan fingerprint density at radius 1 is 1.00 bits per heavy atom. The highest BCUT2D eigenvalue weighted by Crippen LogP contribution is 2.38. The van der Waals surface area contributed by atoms with Crippen LogP contribution in [0.5, 0.6) is 0 Å². The lowest BCUT2D eigenvalue weighted by molar-refractivity contribution is 0.0602. The van der Waals surface area contributed by atoms with E-state index in [1.807, 2.05) is 53.4 Å². The van der Waals surface area contributed by atoms with Gasteiger partial charge in [0.1, 0.15) is 5.82 Å². The highest BCUT2D eigenvalue weighted by molar-refractivity contribution is 6.30. The van der Waals surface area contributed by atoms with Crippen LogP contribution in [0, 0.1) is 0 Å². The van der Waals surface area contributed by atoms with Crippen LogP contribution in [0.1, 0.15) is 46.4 Å². The number of aromatic nitrogens is 3. The number of nitrogens with zero attached hydrogens (tertiary/aromatic N) is 3. The van der Waals surface area contributed by atoms with E-state index in [1.54, 1.807) is 0 Å². The van der Waals surface area contributed by atoms with Crippen molar-refractivity contribution in [3.05, 3.63) is 70.5 Å². The second-order valence-electron chi connectivity index (χ2n) is 7.35. The molecule has 1 amide bonds. The Morgan fingerprint density at radius 3 is 2.37 bits per heavy atom. The van der Waals surface area contributed by atoms with E-state index in [-0.39, 0.29) is 5.91 Å². The summed E-state index contributed by atoms with van der Waals surface area (Å²) in [5.41, 5.74) is 2.86. The van der Waals surface area contributed by atoms with E-state index in [0.29, 0.717) is 23.2 Å². The number of hydrogen-bond donors (Lipinski definition) is 1. The van der Waals surface area contributed by atoms with Crippen LogP contribution in [0.3, 0.4) is 0 Å². The third kappa shape index (κ3) is 3.23. The first kappa shape index (κ1) is 16.5. The van der Waals surface area contributed by atoms with Crippen LogP contribution >= 0.6 is 11.6 Å². The fraction of sp³-hybridized carbons (Fsp3) is 0.286. The number of likely N-dealkylation sites (tertiary alicyclic amines) is 1. The molecule has 5 nitrogen and oxygen atoms in total. The predicted octanol–water partition coefficient (Wildman–Crippen LogP) is 4.24. The zero-order valence-electron chi connectivity index (χ0n) is 14.7. The van der Waals surface area contributed by atoms with Gasteiger partial charge in [0.05, 0.1) is 0 Å². The molecule has 1 aliphatic heterocycles. The maximum Gasteiger partial charge on any atom is 0.253 e. The third-order valence-corrected chi connectivity index (χ3v) is 5.62. The van der Waals surface area contributed by atoms with E-state index in [9.17, 15) is 4.79 Å². The minimum atomic E-state index is 0.0698. The number of hydrogen-bond acceptors (Lipinski definition) is 3. The number of rotatable bonds is 4. The third-order valence-electron chi connectivity index (χ3n) is 5.37. The number of benzene rings is 2. The molecular formula is C21H19ClN4O. The van der Waals surface area contributed by atoms with Gasteiger partial charge in [0.25, 0.3) is 5.91 Å². The van der Waals surface area contributed by atoms with Gasteiger partial charge in [-0.2, -0.15) is 5.10 Å². The molecule has 0 unspecified atom stereocenters. The largest absolute Gasteiger partial charge is 0.337 e. The van der Waals surface area contributed by atoms with E-state index in [1.165, 1.54) is 18.4 Å². The summed E-state index contributed by atoms with van der Waals surface area (Å²) in [7, 11) is 0. The highest BCUT2D eigenvalue weighted by Gasteiger charge is 2.32. The summed E-state index contributed by atoms with van der Waals surface area (Å²) in [6.45, 7) is 1.49. The molecule has 0 spiro atoms. The van der Waals surface area contributed by atoms with Gasteiger partial charge in [-0.15, -0.1) is 0 Å². The number of H-pyrrole nitrogens is 1. The summed E-state index contributed by atoms with van der Waals surface area (Å²) in [5.74, 6) is 2.67. The van der Waals surface area contributed by atoms with Crippen molar-refractivity contribution >= 4 is 17.5 Å². The fourth-order valence-electron chi connectivity index (χ4n) is 3.48. The van der Waals surface area contributed by atoms with Crippen LogP contribution in [0.4, 0.5) is 0 Å². The molecular weight excluding hydrogens is 360 g/mol. The van der Waals surface area contributed by atoms with Crippen molar-refractivity contribution in [2.45, 2.75) is 24.7 Å². The Balaban J connectivity index is 1.24. The highest BCUT2D eigenvalue weighted by atomic mass is 35.5. The quantitative estimate of drug-likeness (QED) is 0.738. The number of carbonyl (C=O) groups excluding carboxylic acids is 1. The molecule has 1 aliphatic carbocycles. The number of aromatic amines is 1. The van der Waals surface area contributed by atoms with Crippen LogP contribution in [-0.4, -0.2) is 39.1 Å². The van der Waals surface area contributed by atoms with E-state index in [0.717, 1.165) is 29.5 Å². The van der Waals surface area contributed by atoms with E-state index >= 15 is 0 Å². The molecule has 0 radical (unpaired) electrons. The standard InChI is InChI=1S/C21H19ClN4O/c22-18-9-7-13(8-10-18)17-11-26(12-17)21(27)16-5-3-15(4-6-16)20-23-19(24-25-20)14-1-2-14/h3-10,14,17H,1-2,11-12H2,(H,23,24,25). The van der Waals surface area contributed by atoms with Gasteiger partial charge < -0.3 is 4.90 Å². The van der Waals surface area contributed by atoms with Crippen molar-refractivity contribution in [2.75, 3.05) is 13.1 Å². The lowest BCUT2D eigenvalue weighted by Gasteiger charge is -2.39. The molecule has 2 heterocycles. The minimum Gasteiger partial charge on any atom is -0.337 e. The topological polar surface area (TPSA) is 61.9 Å². The maximum absolute atomic E-state index is 12.7. The molecule has 2 aliphatic rings. The van der Waals surface area contributed by atoms with E-state index in [4.69, 9.17) is 11.6 Å². The number of halogens is 1. The van der Waals surface area contributed by atoms with Crippen molar-refractivity contribution in [1.82, 2.24) is 20.1 Å². The van der Waals surface area contributed by atoms with Gasteiger partial charge in [0, 0.05) is 41.1 Å². The summed E-state index contributed by atoms with van der Waals surface area (Å²) < 4.78 is 0. The van der Waals surface area contributed by atoms with Crippen LogP contribution < -0.4 is 0 Å². The van der Waals surface area contributed by atoms with Gasteiger partial charge >= 0.3 is 0 Å². The van der Waals surface area contributed by atoms with Crippen molar-refractivity contribution in [2.24, 2.45) is 0 Å². The normalized spacial score (nSPS) is 17.0. The van der Waals surface area contributed by atoms with E-state index in [2.05, 4.69) is 15.2 Å². The first-order chi connectivity index (χ1) is 13.2. The Labute approximate surface area is 162 Å². The van der Waals surface area contributed by atoms with Crippen LogP contribution in [0.2, 0.25) is 5.02 Å². The molecule has 1 aromatic heterocycles. The summed E-state index contributed by atoms with van der Waals surface area (Å²) in [6.07, 6.45) is 2.38. The van der Waals surface area contributed by atoms with Crippen molar-refractivity contribution in [3.8, 4) is 11.4 Å². The number of nitrogens with one attached hydrogen (secondary N) is 1. The summed E-state index contributed by atoms with van der Waals surface area (Å²) in [4.78, 5) is 19.1. The summed E-state index contributed by atoms with van der Waals surface area (Å²) >= 11 is 5.94. The zero-order valence-corrected chi connectivity index (χ0v) is 15.5. The Bertz CT molecular complexity index is 970. The molecule has 0 bridgehead atoms. The zero-order chi connectivity index (χ0) is 18.4. The van der Waals surface area contributed by atoms with Crippen molar-refractivity contribution in [3.63, 3.8) is 0 Å². The number of amides is 1. The van der Waals surface area contributed by atoms with Gasteiger partial charge in [0.2, 0.25) is 0 Å². The molecule has 136 valence electrons. The lowest BCUT2D eigenvalue weighted by atomic mass is 9.91. The second kappa shape index (κ2) is 6.50. The minimum absolute atomic E-state index is 0.0698. The molecule has 2 aromatic carbocycles. The van der Waals surface area contributed by atoms with Crippen LogP contribution in [0.25, 0.3) is 11.4 Å². The predicted molar refractivity (Wildman–Crippen MR) is 104 cm³/mol. The maximum atomic E-state index is 12.7. The molecule has 6 heteroatoms. The van der Waals surface area contributed by atoms with Crippen LogP contribution in [0.15, 0.2) is 48.5 Å². The number of carbonyl (C=O) groups is 1. The average Bonchev–Trinajstić information content (AvgIpc) is 3.39.